The normalized spacial score (nSPS) is 17.4. The van der Waals surface area contributed by atoms with Gasteiger partial charge in [0.25, 0.3) is 0 Å². The first-order chi connectivity index (χ1) is 15.6. The van der Waals surface area contributed by atoms with Crippen molar-refractivity contribution in [3.8, 4) is 11.1 Å². The molecule has 0 unspecified atom stereocenters. The van der Waals surface area contributed by atoms with Crippen LogP contribution in [0, 0.1) is 5.82 Å². The molecule has 0 radical (unpaired) electrons. The lowest BCUT2D eigenvalue weighted by Gasteiger charge is -2.33. The van der Waals surface area contributed by atoms with Gasteiger partial charge in [-0.1, -0.05) is 48.5 Å². The molecule has 0 aliphatic carbocycles. The molecule has 4 aromatic rings. The first-order valence-corrected chi connectivity index (χ1v) is 11.0. The molecule has 162 valence electrons. The third kappa shape index (κ3) is 3.77. The first-order valence-electron chi connectivity index (χ1n) is 11.0. The number of amides is 1. The summed E-state index contributed by atoms with van der Waals surface area (Å²) in [6, 6.07) is 20.4. The number of hydrogen-bond donors (Lipinski definition) is 0. The van der Waals surface area contributed by atoms with Crippen LogP contribution in [0.25, 0.3) is 16.8 Å². The fourth-order valence-electron chi connectivity index (χ4n) is 4.60. The molecule has 5 rings (SSSR count). The van der Waals surface area contributed by atoms with E-state index in [4.69, 9.17) is 0 Å². The zero-order valence-corrected chi connectivity index (χ0v) is 18.0. The van der Waals surface area contributed by atoms with Crippen molar-refractivity contribution in [3.05, 3.63) is 90.1 Å². The van der Waals surface area contributed by atoms with E-state index in [2.05, 4.69) is 10.2 Å². The van der Waals surface area contributed by atoms with Crippen LogP contribution in [0.1, 0.15) is 43.0 Å². The Morgan fingerprint density at radius 1 is 1.06 bits per heavy atom. The van der Waals surface area contributed by atoms with Crippen LogP contribution in [0.2, 0.25) is 0 Å². The zero-order chi connectivity index (χ0) is 22.1. The Morgan fingerprint density at radius 2 is 1.88 bits per heavy atom. The number of carbonyl (C=O) groups excluding carboxylic acids is 1. The Kier molecular flexibility index (Phi) is 5.43. The van der Waals surface area contributed by atoms with Crippen molar-refractivity contribution in [1.29, 1.82) is 0 Å². The second-order valence-electron chi connectivity index (χ2n) is 8.44. The highest BCUT2D eigenvalue weighted by atomic mass is 19.1. The van der Waals surface area contributed by atoms with E-state index in [0.717, 1.165) is 29.9 Å². The van der Waals surface area contributed by atoms with Crippen molar-refractivity contribution in [2.24, 2.45) is 0 Å². The topological polar surface area (TPSA) is 50.5 Å². The second-order valence-corrected chi connectivity index (χ2v) is 8.44. The largest absolute Gasteiger partial charge is 0.341 e. The zero-order valence-electron chi connectivity index (χ0n) is 18.0. The van der Waals surface area contributed by atoms with Crippen molar-refractivity contribution in [1.82, 2.24) is 19.5 Å². The molecular weight excluding hydrogens is 403 g/mol. The van der Waals surface area contributed by atoms with E-state index >= 15 is 0 Å². The number of halogens is 1. The third-order valence-corrected chi connectivity index (χ3v) is 6.39. The smallest absolute Gasteiger partial charge is 0.229 e. The van der Waals surface area contributed by atoms with Crippen LogP contribution in [0.5, 0.6) is 0 Å². The molecule has 0 spiro atoms. The lowest BCUT2D eigenvalue weighted by molar-refractivity contribution is -0.133. The molecule has 5 nitrogen and oxygen atoms in total. The summed E-state index contributed by atoms with van der Waals surface area (Å²) in [6.45, 7) is 3.17. The number of carbonyl (C=O) groups is 1. The summed E-state index contributed by atoms with van der Waals surface area (Å²) in [5.74, 6) is 0.330. The van der Waals surface area contributed by atoms with Gasteiger partial charge in [0.2, 0.25) is 5.91 Å². The van der Waals surface area contributed by atoms with Gasteiger partial charge in [0, 0.05) is 30.8 Å². The van der Waals surface area contributed by atoms with Crippen molar-refractivity contribution in [2.75, 3.05) is 13.1 Å². The minimum absolute atomic E-state index is 0.0235. The number of likely N-dealkylation sites (tertiary alicyclic amines) is 1. The van der Waals surface area contributed by atoms with Crippen LogP contribution in [0.4, 0.5) is 4.39 Å². The molecule has 32 heavy (non-hydrogen) atoms. The van der Waals surface area contributed by atoms with Gasteiger partial charge in [-0.05, 0) is 49.1 Å². The highest BCUT2D eigenvalue weighted by Crippen LogP contribution is 2.30. The van der Waals surface area contributed by atoms with Gasteiger partial charge in [-0.15, -0.1) is 10.2 Å². The van der Waals surface area contributed by atoms with Gasteiger partial charge in [0.15, 0.2) is 5.65 Å². The third-order valence-electron chi connectivity index (χ3n) is 6.39. The first kappa shape index (κ1) is 20.4. The van der Waals surface area contributed by atoms with Gasteiger partial charge in [0.1, 0.15) is 11.6 Å². The number of hydrogen-bond acceptors (Lipinski definition) is 3. The molecule has 2 aromatic carbocycles. The van der Waals surface area contributed by atoms with Gasteiger partial charge in [-0.2, -0.15) is 0 Å². The van der Waals surface area contributed by atoms with Crippen molar-refractivity contribution in [2.45, 2.75) is 31.6 Å². The molecule has 1 aliphatic heterocycles. The molecule has 2 atom stereocenters. The van der Waals surface area contributed by atoms with E-state index in [-0.39, 0.29) is 17.6 Å². The minimum atomic E-state index is -0.414. The average molecular weight is 429 g/mol. The van der Waals surface area contributed by atoms with Crippen LogP contribution in [0.15, 0.2) is 72.9 Å². The number of pyridine rings is 1. The SMILES string of the molecule is C[C@@H](C(=O)N1CCC[C@@H](c2nnc3ccccn23)C1)c1ccc(-c2ccccc2)c(F)c1. The molecule has 3 heterocycles. The number of benzene rings is 2. The maximum absolute atomic E-state index is 14.9. The number of rotatable bonds is 4. The van der Waals surface area contributed by atoms with Crippen LogP contribution in [0.3, 0.4) is 0 Å². The fraction of sp³-hybridized carbons (Fsp3) is 0.269. The van der Waals surface area contributed by atoms with Crippen molar-refractivity contribution >= 4 is 11.6 Å². The predicted molar refractivity (Wildman–Crippen MR) is 122 cm³/mol. The molecule has 1 amide bonds. The summed E-state index contributed by atoms with van der Waals surface area (Å²) in [4.78, 5) is 15.2. The summed E-state index contributed by atoms with van der Waals surface area (Å²) in [7, 11) is 0. The lowest BCUT2D eigenvalue weighted by atomic mass is 9.93. The maximum Gasteiger partial charge on any atom is 0.229 e. The summed E-state index contributed by atoms with van der Waals surface area (Å²) in [5.41, 5.74) is 2.89. The van der Waals surface area contributed by atoms with Crippen molar-refractivity contribution in [3.63, 3.8) is 0 Å². The Balaban J connectivity index is 1.34. The molecule has 0 N–H and O–H groups in total. The van der Waals surface area contributed by atoms with Gasteiger partial charge >= 0.3 is 0 Å². The van der Waals surface area contributed by atoms with Gasteiger partial charge in [-0.25, -0.2) is 4.39 Å². The molecule has 1 fully saturated rings. The Bertz CT molecular complexity index is 1250. The summed E-state index contributed by atoms with van der Waals surface area (Å²) in [6.07, 6.45) is 3.84. The van der Waals surface area contributed by atoms with Gasteiger partial charge in [-0.3, -0.25) is 9.20 Å². The van der Waals surface area contributed by atoms with Crippen LogP contribution in [-0.2, 0) is 4.79 Å². The Morgan fingerprint density at radius 3 is 2.69 bits per heavy atom. The lowest BCUT2D eigenvalue weighted by Crippen LogP contribution is -2.41. The standard InChI is InChI=1S/C26H25FN4O/c1-18(20-12-13-22(23(27)16-20)19-8-3-2-4-9-19)26(32)30-14-7-10-21(17-30)25-29-28-24-11-5-6-15-31(24)25/h2-6,8-9,11-13,15-16,18,21H,7,10,14,17H2,1H3/t18-,21-/m1/s1. The van der Waals surface area contributed by atoms with Crippen LogP contribution >= 0.6 is 0 Å². The van der Waals surface area contributed by atoms with E-state index in [9.17, 15) is 9.18 Å². The monoisotopic (exact) mass is 428 g/mol. The second kappa shape index (κ2) is 8.54. The van der Waals surface area contributed by atoms with E-state index in [1.165, 1.54) is 6.07 Å². The Hall–Kier alpha value is -3.54. The number of fused-ring (bicyclic) bond motifs is 1. The predicted octanol–water partition coefficient (Wildman–Crippen LogP) is 5.05. The van der Waals surface area contributed by atoms with E-state index < -0.39 is 5.92 Å². The number of nitrogens with zero attached hydrogens (tertiary/aromatic N) is 4. The molecular formula is C26H25FN4O. The highest BCUT2D eigenvalue weighted by Gasteiger charge is 2.30. The molecule has 2 aromatic heterocycles. The highest BCUT2D eigenvalue weighted by molar-refractivity contribution is 5.83. The van der Waals surface area contributed by atoms with E-state index in [1.807, 2.05) is 77.0 Å². The summed E-state index contributed by atoms with van der Waals surface area (Å²) >= 11 is 0. The Labute approximate surface area is 186 Å². The van der Waals surface area contributed by atoms with Gasteiger partial charge in [0.05, 0.1) is 5.92 Å². The quantitative estimate of drug-likeness (QED) is 0.457. The van der Waals surface area contributed by atoms with E-state index in [0.29, 0.717) is 24.2 Å². The number of aromatic nitrogens is 3. The molecule has 0 bridgehead atoms. The number of piperidine rings is 1. The van der Waals surface area contributed by atoms with Crippen LogP contribution < -0.4 is 0 Å². The summed E-state index contributed by atoms with van der Waals surface area (Å²) < 4.78 is 16.9. The molecule has 6 heteroatoms. The minimum Gasteiger partial charge on any atom is -0.341 e. The van der Waals surface area contributed by atoms with Crippen molar-refractivity contribution < 1.29 is 9.18 Å². The fourth-order valence-corrected chi connectivity index (χ4v) is 4.60. The van der Waals surface area contributed by atoms with E-state index in [1.54, 1.807) is 6.07 Å². The average Bonchev–Trinajstić information content (AvgIpc) is 3.28. The van der Waals surface area contributed by atoms with Gasteiger partial charge < -0.3 is 4.90 Å². The molecule has 1 saturated heterocycles. The summed E-state index contributed by atoms with van der Waals surface area (Å²) in [5, 5.41) is 8.65. The molecule has 0 saturated carbocycles. The van der Waals surface area contributed by atoms with Crippen LogP contribution in [-0.4, -0.2) is 38.5 Å². The molecule has 1 aliphatic rings. The maximum atomic E-state index is 14.9.